The summed E-state index contributed by atoms with van der Waals surface area (Å²) in [7, 11) is 0. The second-order valence-electron chi connectivity index (χ2n) is 19.8. The topological polar surface area (TPSA) is 47.9 Å². The highest BCUT2D eigenvalue weighted by Gasteiger charge is 2.59. The number of aliphatic hydroxyl groups is 1. The zero-order valence-electron chi connectivity index (χ0n) is 37.2. The second kappa shape index (κ2) is 25.5. The zero-order chi connectivity index (χ0) is 39.4. The Balaban J connectivity index is 0.986. The summed E-state index contributed by atoms with van der Waals surface area (Å²) in [6.07, 6.45) is 42.7. The molecule has 3 saturated carbocycles. The average Bonchev–Trinajstić information content (AvgIpc) is 3.53. The fourth-order valence-electron chi connectivity index (χ4n) is 11.9. The van der Waals surface area contributed by atoms with Gasteiger partial charge in [0.15, 0.2) is 0 Å². The molecule has 4 heteroatoms. The molecule has 0 aliphatic heterocycles. The molecule has 0 amide bonds. The van der Waals surface area contributed by atoms with Crippen LogP contribution in [0.2, 0.25) is 0 Å². The Morgan fingerprint density at radius 1 is 0.727 bits per heavy atom. The minimum absolute atomic E-state index is 0.346. The van der Waals surface area contributed by atoms with E-state index in [1.54, 1.807) is 5.57 Å². The van der Waals surface area contributed by atoms with Gasteiger partial charge < -0.3 is 19.3 Å². The Labute approximate surface area is 341 Å². The van der Waals surface area contributed by atoms with Crippen LogP contribution in [0.15, 0.2) is 36.0 Å². The molecule has 0 saturated heterocycles. The van der Waals surface area contributed by atoms with Crippen LogP contribution < -0.4 is 0 Å². The van der Waals surface area contributed by atoms with Crippen molar-refractivity contribution in [2.24, 2.45) is 46.3 Å². The van der Waals surface area contributed by atoms with Crippen LogP contribution in [0.25, 0.3) is 0 Å². The molecular formula is C51H90O4. The first-order chi connectivity index (χ1) is 26.7. The van der Waals surface area contributed by atoms with Crippen molar-refractivity contribution in [2.75, 3.05) is 33.0 Å². The van der Waals surface area contributed by atoms with Gasteiger partial charge >= 0.3 is 0 Å². The fraction of sp³-hybridized carbons (Fsp3) is 0.882. The monoisotopic (exact) mass is 767 g/mol. The predicted molar refractivity (Wildman–Crippen MR) is 234 cm³/mol. The van der Waals surface area contributed by atoms with Crippen molar-refractivity contribution in [3.63, 3.8) is 0 Å². The normalized spacial score (nSPS) is 30.5. The standard InChI is InChI=1S/C51H90O4/c1-7-8-9-10-11-12-13-14-15-16-17-18-19-20-21-22-35-53-39-44(52)40-54-36-24-37-55-45-31-33-50(5)43(38-45)27-28-46-48-30-29-47(42(4)26-23-25-41(2)3)51(48,6)34-32-49(46)50/h11-12,14-15,27,41-42,44-49,52H,7-10,13,16-26,28-40H2,1-6H3/b12-11-,15-14-/t42-,44?,45+,46?,47?,48?,49?,50+,51-/m1/s1. The molecule has 0 bridgehead atoms. The van der Waals surface area contributed by atoms with Crippen molar-refractivity contribution in [1.29, 1.82) is 0 Å². The van der Waals surface area contributed by atoms with Gasteiger partial charge in [0.05, 0.1) is 19.3 Å². The highest BCUT2D eigenvalue weighted by molar-refractivity contribution is 5.25. The number of allylic oxidation sites excluding steroid dienone is 5. The molecule has 0 aromatic carbocycles. The molecule has 0 aromatic rings. The summed E-state index contributed by atoms with van der Waals surface area (Å²) >= 11 is 0. The van der Waals surface area contributed by atoms with Gasteiger partial charge in [-0.2, -0.15) is 0 Å². The summed E-state index contributed by atoms with van der Waals surface area (Å²) in [5, 5.41) is 10.3. The van der Waals surface area contributed by atoms with Crippen LogP contribution in [-0.2, 0) is 14.2 Å². The molecule has 4 aliphatic rings. The highest BCUT2D eigenvalue weighted by Crippen LogP contribution is 2.67. The largest absolute Gasteiger partial charge is 0.388 e. The van der Waals surface area contributed by atoms with Crippen LogP contribution in [0, 0.1) is 46.3 Å². The van der Waals surface area contributed by atoms with Crippen molar-refractivity contribution in [2.45, 2.75) is 208 Å². The number of unbranched alkanes of at least 4 members (excludes halogenated alkanes) is 9. The molecule has 0 radical (unpaired) electrons. The highest BCUT2D eigenvalue weighted by atomic mass is 16.5. The van der Waals surface area contributed by atoms with Crippen molar-refractivity contribution < 1.29 is 19.3 Å². The van der Waals surface area contributed by atoms with Crippen molar-refractivity contribution in [3.8, 4) is 0 Å². The molecule has 4 aliphatic carbocycles. The zero-order valence-corrected chi connectivity index (χ0v) is 37.2. The molecule has 4 nitrogen and oxygen atoms in total. The number of fused-ring (bicyclic) bond motifs is 5. The van der Waals surface area contributed by atoms with Crippen molar-refractivity contribution >= 4 is 0 Å². The molecule has 1 N–H and O–H groups in total. The third-order valence-electron chi connectivity index (χ3n) is 15.2. The summed E-state index contributed by atoms with van der Waals surface area (Å²) in [6.45, 7) is 17.8. The number of rotatable bonds is 29. The molecule has 4 rings (SSSR count). The van der Waals surface area contributed by atoms with Gasteiger partial charge in [-0.05, 0) is 143 Å². The first kappa shape index (κ1) is 46.7. The summed E-state index contributed by atoms with van der Waals surface area (Å²) in [5.41, 5.74) is 2.67. The summed E-state index contributed by atoms with van der Waals surface area (Å²) in [4.78, 5) is 0. The lowest BCUT2D eigenvalue weighted by atomic mass is 9.47. The molecule has 318 valence electrons. The van der Waals surface area contributed by atoms with Gasteiger partial charge in [0.2, 0.25) is 0 Å². The van der Waals surface area contributed by atoms with Crippen LogP contribution in [0.5, 0.6) is 0 Å². The van der Waals surface area contributed by atoms with Gasteiger partial charge in [0, 0.05) is 19.8 Å². The van der Waals surface area contributed by atoms with Crippen LogP contribution >= 0.6 is 0 Å². The lowest BCUT2D eigenvalue weighted by molar-refractivity contribution is -0.0658. The summed E-state index contributed by atoms with van der Waals surface area (Å²) in [5.74, 6) is 5.35. The third-order valence-corrected chi connectivity index (χ3v) is 15.2. The van der Waals surface area contributed by atoms with Gasteiger partial charge in [0.1, 0.15) is 6.10 Å². The molecule has 0 spiro atoms. The molecule has 5 unspecified atom stereocenters. The predicted octanol–water partition coefficient (Wildman–Crippen LogP) is 14.0. The van der Waals surface area contributed by atoms with E-state index in [1.165, 1.54) is 128 Å². The van der Waals surface area contributed by atoms with Crippen molar-refractivity contribution in [1.82, 2.24) is 0 Å². The summed E-state index contributed by atoms with van der Waals surface area (Å²) in [6, 6.07) is 0. The van der Waals surface area contributed by atoms with E-state index in [2.05, 4.69) is 71.9 Å². The minimum atomic E-state index is -0.547. The maximum absolute atomic E-state index is 10.3. The van der Waals surface area contributed by atoms with E-state index < -0.39 is 6.10 Å². The van der Waals surface area contributed by atoms with Crippen molar-refractivity contribution in [3.05, 3.63) is 36.0 Å². The van der Waals surface area contributed by atoms with Gasteiger partial charge in [0.25, 0.3) is 0 Å². The fourth-order valence-corrected chi connectivity index (χ4v) is 11.9. The lowest BCUT2D eigenvalue weighted by Gasteiger charge is -2.58. The van der Waals surface area contributed by atoms with Gasteiger partial charge in [-0.15, -0.1) is 0 Å². The van der Waals surface area contributed by atoms with Crippen LogP contribution in [0.4, 0.5) is 0 Å². The Morgan fingerprint density at radius 3 is 2.15 bits per heavy atom. The first-order valence-corrected chi connectivity index (χ1v) is 24.1. The van der Waals surface area contributed by atoms with Crippen LogP contribution in [0.1, 0.15) is 196 Å². The Kier molecular flexibility index (Phi) is 21.7. The van der Waals surface area contributed by atoms with E-state index in [0.717, 1.165) is 74.4 Å². The molecule has 0 heterocycles. The van der Waals surface area contributed by atoms with Gasteiger partial charge in [-0.3, -0.25) is 0 Å². The molecule has 3 fully saturated rings. The van der Waals surface area contributed by atoms with Gasteiger partial charge in [-0.25, -0.2) is 0 Å². The molecule has 0 aromatic heterocycles. The summed E-state index contributed by atoms with van der Waals surface area (Å²) < 4.78 is 18.0. The average molecular weight is 767 g/mol. The molecule has 9 atom stereocenters. The Morgan fingerprint density at radius 2 is 1.42 bits per heavy atom. The molecule has 55 heavy (non-hydrogen) atoms. The SMILES string of the molecule is CCCCC/C=C\C/C=C\CCCCCCCCOCC(O)COCCCO[C@H]1CC[C@@]2(C)C(=CCC3C4CCC([C@H](C)CCCC(C)C)[C@@]4(C)CCC32)C1. The van der Waals surface area contributed by atoms with Crippen LogP contribution in [-0.4, -0.2) is 50.3 Å². The Hall–Kier alpha value is -0.940. The van der Waals surface area contributed by atoms with Gasteiger partial charge in [-0.1, -0.05) is 135 Å². The first-order valence-electron chi connectivity index (χ1n) is 24.1. The maximum atomic E-state index is 10.3. The van der Waals surface area contributed by atoms with Crippen LogP contribution in [0.3, 0.4) is 0 Å². The minimum Gasteiger partial charge on any atom is -0.388 e. The van der Waals surface area contributed by atoms with E-state index in [9.17, 15) is 5.11 Å². The number of hydrogen-bond acceptors (Lipinski definition) is 4. The van der Waals surface area contributed by atoms with E-state index in [0.29, 0.717) is 36.8 Å². The quantitative estimate of drug-likeness (QED) is 0.0608. The number of ether oxygens (including phenoxy) is 3. The van der Waals surface area contributed by atoms with E-state index in [1.807, 2.05) is 0 Å². The second-order valence-corrected chi connectivity index (χ2v) is 19.8. The van der Waals surface area contributed by atoms with E-state index >= 15 is 0 Å². The third kappa shape index (κ3) is 15.0. The number of aliphatic hydroxyl groups excluding tert-OH is 1. The number of hydrogen-bond donors (Lipinski definition) is 1. The molecular weight excluding hydrogens is 677 g/mol. The lowest BCUT2D eigenvalue weighted by Crippen LogP contribution is -2.51. The smallest absolute Gasteiger partial charge is 0.101 e. The van der Waals surface area contributed by atoms with E-state index in [-0.39, 0.29) is 0 Å². The maximum Gasteiger partial charge on any atom is 0.101 e. The Bertz CT molecular complexity index is 1110. The van der Waals surface area contributed by atoms with E-state index in [4.69, 9.17) is 14.2 Å².